The number of likely N-dealkylation sites (tertiary alicyclic amines) is 1. The molecule has 27 heavy (non-hydrogen) atoms. The lowest BCUT2D eigenvalue weighted by Crippen LogP contribution is -3.15. The van der Waals surface area contributed by atoms with Crippen LogP contribution in [0, 0.1) is 22.0 Å². The zero-order valence-corrected chi connectivity index (χ0v) is 16.7. The van der Waals surface area contributed by atoms with Crippen molar-refractivity contribution in [1.82, 2.24) is 4.90 Å². The zero-order chi connectivity index (χ0) is 19.6. The molecule has 2 heterocycles. The van der Waals surface area contributed by atoms with Gasteiger partial charge in [0, 0.05) is 49.1 Å². The molecular formula is C19H28ClN4O3+. The van der Waals surface area contributed by atoms with E-state index in [9.17, 15) is 14.9 Å². The van der Waals surface area contributed by atoms with Crippen molar-refractivity contribution in [3.63, 3.8) is 0 Å². The summed E-state index contributed by atoms with van der Waals surface area (Å²) in [5, 5.41) is 11.7. The topological polar surface area (TPSA) is 71.1 Å². The van der Waals surface area contributed by atoms with Gasteiger partial charge in [0.1, 0.15) is 5.69 Å². The fourth-order valence-corrected chi connectivity index (χ4v) is 4.67. The van der Waals surface area contributed by atoms with Crippen LogP contribution >= 0.6 is 11.6 Å². The Kier molecular flexibility index (Phi) is 6.22. The van der Waals surface area contributed by atoms with Gasteiger partial charge in [-0.15, -0.1) is 0 Å². The molecule has 0 unspecified atom stereocenters. The third-order valence-corrected chi connectivity index (χ3v) is 5.82. The van der Waals surface area contributed by atoms with Crippen LogP contribution in [-0.4, -0.2) is 61.5 Å². The number of nitro benzene ring substituents is 1. The molecule has 8 heteroatoms. The summed E-state index contributed by atoms with van der Waals surface area (Å²) in [6.07, 6.45) is 1.25. The van der Waals surface area contributed by atoms with E-state index >= 15 is 0 Å². The van der Waals surface area contributed by atoms with Crippen molar-refractivity contribution in [2.75, 3.05) is 50.7 Å². The maximum absolute atomic E-state index is 12.7. The first-order valence-electron chi connectivity index (χ1n) is 9.63. The number of anilines is 1. The zero-order valence-electron chi connectivity index (χ0n) is 16.0. The van der Waals surface area contributed by atoms with Crippen LogP contribution < -0.4 is 9.80 Å². The highest BCUT2D eigenvalue weighted by Crippen LogP contribution is 2.31. The first kappa shape index (κ1) is 19.9. The summed E-state index contributed by atoms with van der Waals surface area (Å²) in [5.74, 6) is 1.52. The van der Waals surface area contributed by atoms with Gasteiger partial charge in [0.2, 0.25) is 0 Å². The number of piperazine rings is 1. The Labute approximate surface area is 165 Å². The van der Waals surface area contributed by atoms with Crippen molar-refractivity contribution in [2.24, 2.45) is 11.8 Å². The molecule has 3 rings (SSSR count). The molecule has 0 aliphatic carbocycles. The molecule has 0 saturated carbocycles. The Morgan fingerprint density at radius 2 is 1.85 bits per heavy atom. The van der Waals surface area contributed by atoms with E-state index in [0.717, 1.165) is 13.1 Å². The number of quaternary nitrogens is 1. The first-order chi connectivity index (χ1) is 12.8. The molecule has 2 atom stereocenters. The maximum atomic E-state index is 12.7. The molecule has 148 valence electrons. The number of rotatable bonds is 4. The van der Waals surface area contributed by atoms with Gasteiger partial charge in [0.15, 0.2) is 6.54 Å². The van der Waals surface area contributed by atoms with Crippen LogP contribution in [-0.2, 0) is 4.79 Å². The molecule has 1 aromatic rings. The lowest BCUT2D eigenvalue weighted by atomic mass is 9.92. The minimum Gasteiger partial charge on any atom is -0.362 e. The molecule has 2 saturated heterocycles. The summed E-state index contributed by atoms with van der Waals surface area (Å²) < 4.78 is 0. The van der Waals surface area contributed by atoms with E-state index in [1.54, 1.807) is 12.1 Å². The minimum absolute atomic E-state index is 0.0167. The normalized spacial score (nSPS) is 26.1. The van der Waals surface area contributed by atoms with Crippen molar-refractivity contribution < 1.29 is 14.6 Å². The number of benzene rings is 1. The number of hydrogen-bond donors (Lipinski definition) is 1. The highest BCUT2D eigenvalue weighted by molar-refractivity contribution is 6.30. The van der Waals surface area contributed by atoms with Crippen LogP contribution in [0.2, 0.25) is 5.02 Å². The molecule has 0 bridgehead atoms. The summed E-state index contributed by atoms with van der Waals surface area (Å²) in [5.41, 5.74) is 0.587. The van der Waals surface area contributed by atoms with Crippen LogP contribution in [0.1, 0.15) is 20.3 Å². The highest BCUT2D eigenvalue weighted by Gasteiger charge is 2.30. The fourth-order valence-electron chi connectivity index (χ4n) is 4.50. The van der Waals surface area contributed by atoms with E-state index in [1.165, 1.54) is 17.4 Å². The molecule has 7 nitrogen and oxygen atoms in total. The van der Waals surface area contributed by atoms with Crippen LogP contribution in [0.5, 0.6) is 0 Å². The standard InChI is InChI=1S/C19H27ClN4O3/c1-14-9-15(2)12-21(11-14)13-19(25)23-7-5-22(6-8-23)17-4-3-16(20)10-18(17)24(26)27/h3-4,10,14-15H,5-9,11-13H2,1-2H3/p+1/t14-,15-/m1/s1. The SMILES string of the molecule is C[C@@H]1C[C@@H](C)C[NH+](CC(=O)N2CCN(c3ccc(Cl)cc3[N+](=O)[O-])CC2)C1. The van der Waals surface area contributed by atoms with Crippen LogP contribution in [0.3, 0.4) is 0 Å². The van der Waals surface area contributed by atoms with E-state index in [2.05, 4.69) is 13.8 Å². The van der Waals surface area contributed by atoms with E-state index in [0.29, 0.717) is 55.3 Å². The third kappa shape index (κ3) is 4.90. The second-order valence-electron chi connectivity index (χ2n) is 8.04. The van der Waals surface area contributed by atoms with Crippen LogP contribution in [0.15, 0.2) is 18.2 Å². The molecule has 1 amide bonds. The number of halogens is 1. The first-order valence-corrected chi connectivity index (χ1v) is 10.0. The number of carbonyl (C=O) groups excluding carboxylic acids is 1. The lowest BCUT2D eigenvalue weighted by molar-refractivity contribution is -0.904. The summed E-state index contributed by atoms with van der Waals surface area (Å²) in [6, 6.07) is 4.75. The smallest absolute Gasteiger partial charge is 0.294 e. The Bertz CT molecular complexity index is 696. The van der Waals surface area contributed by atoms with Gasteiger partial charge in [0.05, 0.1) is 18.0 Å². The van der Waals surface area contributed by atoms with E-state index in [-0.39, 0.29) is 11.6 Å². The predicted octanol–water partition coefficient (Wildman–Crippen LogP) is 1.46. The number of hydrogen-bond acceptors (Lipinski definition) is 4. The number of nitrogens with one attached hydrogen (secondary N) is 1. The number of nitrogens with zero attached hydrogens (tertiary/aromatic N) is 3. The quantitative estimate of drug-likeness (QED) is 0.619. The van der Waals surface area contributed by atoms with E-state index in [1.807, 2.05) is 9.80 Å². The average molecular weight is 396 g/mol. The fraction of sp³-hybridized carbons (Fsp3) is 0.632. The van der Waals surface area contributed by atoms with Crippen molar-refractivity contribution in [3.8, 4) is 0 Å². The van der Waals surface area contributed by atoms with Gasteiger partial charge in [-0.25, -0.2) is 0 Å². The van der Waals surface area contributed by atoms with Gasteiger partial charge in [-0.05, 0) is 18.6 Å². The summed E-state index contributed by atoms with van der Waals surface area (Å²) >= 11 is 5.90. The monoisotopic (exact) mass is 395 g/mol. The Balaban J connectivity index is 1.57. The van der Waals surface area contributed by atoms with Gasteiger partial charge in [-0.1, -0.05) is 25.4 Å². The molecule has 0 aromatic heterocycles. The second kappa shape index (κ2) is 8.44. The second-order valence-corrected chi connectivity index (χ2v) is 8.48. The molecule has 1 aromatic carbocycles. The molecule has 2 fully saturated rings. The Morgan fingerprint density at radius 3 is 2.44 bits per heavy atom. The molecule has 1 N–H and O–H groups in total. The number of nitro groups is 1. The number of piperidine rings is 1. The van der Waals surface area contributed by atoms with E-state index in [4.69, 9.17) is 11.6 Å². The third-order valence-electron chi connectivity index (χ3n) is 5.59. The Morgan fingerprint density at radius 1 is 1.22 bits per heavy atom. The average Bonchev–Trinajstić information content (AvgIpc) is 2.61. The minimum atomic E-state index is -0.402. The predicted molar refractivity (Wildman–Crippen MR) is 105 cm³/mol. The highest BCUT2D eigenvalue weighted by atomic mass is 35.5. The summed E-state index contributed by atoms with van der Waals surface area (Å²) in [7, 11) is 0. The lowest BCUT2D eigenvalue weighted by Gasteiger charge is -2.37. The summed E-state index contributed by atoms with van der Waals surface area (Å²) in [4.78, 5) is 28.9. The van der Waals surface area contributed by atoms with Gasteiger partial charge >= 0.3 is 0 Å². The van der Waals surface area contributed by atoms with Crippen LogP contribution in [0.25, 0.3) is 0 Å². The van der Waals surface area contributed by atoms with Crippen molar-refractivity contribution in [3.05, 3.63) is 33.3 Å². The summed E-state index contributed by atoms with van der Waals surface area (Å²) in [6.45, 7) is 9.58. The van der Waals surface area contributed by atoms with Gasteiger partial charge in [-0.3, -0.25) is 14.9 Å². The Hall–Kier alpha value is -1.86. The largest absolute Gasteiger partial charge is 0.362 e. The molecule has 2 aliphatic heterocycles. The molecule has 0 radical (unpaired) electrons. The van der Waals surface area contributed by atoms with Gasteiger partial charge < -0.3 is 14.7 Å². The maximum Gasteiger partial charge on any atom is 0.294 e. The number of carbonyl (C=O) groups is 1. The van der Waals surface area contributed by atoms with Gasteiger partial charge in [0.25, 0.3) is 11.6 Å². The van der Waals surface area contributed by atoms with Crippen molar-refractivity contribution >= 4 is 28.9 Å². The van der Waals surface area contributed by atoms with E-state index < -0.39 is 4.92 Å². The van der Waals surface area contributed by atoms with Crippen molar-refractivity contribution in [2.45, 2.75) is 20.3 Å². The molecular weight excluding hydrogens is 368 g/mol. The van der Waals surface area contributed by atoms with Gasteiger partial charge in [-0.2, -0.15) is 0 Å². The molecule has 0 spiro atoms. The van der Waals surface area contributed by atoms with Crippen LogP contribution in [0.4, 0.5) is 11.4 Å². The molecule has 2 aliphatic rings. The number of amides is 1. The van der Waals surface area contributed by atoms with Crippen molar-refractivity contribution in [1.29, 1.82) is 0 Å².